The van der Waals surface area contributed by atoms with E-state index in [1.807, 2.05) is 0 Å². The molecule has 0 heterocycles. The molecule has 0 bridgehead atoms. The zero-order valence-corrected chi connectivity index (χ0v) is 8.22. The van der Waals surface area contributed by atoms with Crippen LogP contribution in [0, 0.1) is 0 Å². The minimum atomic E-state index is -0.333. The van der Waals surface area contributed by atoms with Crippen LogP contribution in [0.3, 0.4) is 0 Å². The van der Waals surface area contributed by atoms with E-state index in [1.165, 1.54) is 0 Å². The molecule has 0 saturated heterocycles. The van der Waals surface area contributed by atoms with Gasteiger partial charge >= 0.3 is 0 Å². The van der Waals surface area contributed by atoms with E-state index >= 15 is 0 Å². The first-order chi connectivity index (χ1) is 4.22. The summed E-state index contributed by atoms with van der Waals surface area (Å²) in [5.74, 6) is 0. The lowest BCUT2D eigenvalue weighted by Gasteiger charge is -2.10. The molecule has 0 spiro atoms. The van der Waals surface area contributed by atoms with Crippen LogP contribution in [-0.4, -0.2) is 10.0 Å². The molecule has 2 atom stereocenters. The molecule has 0 aliphatic heterocycles. The van der Waals surface area contributed by atoms with Crippen LogP contribution in [0.4, 0.5) is 0 Å². The van der Waals surface area contributed by atoms with Crippen molar-refractivity contribution in [1.82, 2.24) is 0 Å². The molecule has 1 nitrogen and oxygen atoms in total. The zero-order valence-electron chi connectivity index (χ0n) is 6.06. The fraction of sp³-hybridized carbons (Fsp3) is 1.00. The van der Waals surface area contributed by atoms with E-state index in [0.29, 0.717) is 3.92 Å². The Balaban J connectivity index is 3.32. The Morgan fingerprint density at radius 1 is 1.44 bits per heavy atom. The summed E-state index contributed by atoms with van der Waals surface area (Å²) in [7, 11) is 0. The average molecular weight is 241 g/mol. The first-order valence-corrected chi connectivity index (χ1v) is 4.76. The SMILES string of the molecule is CCCC([O])C(I)CC. The van der Waals surface area contributed by atoms with Gasteiger partial charge in [-0.25, -0.2) is 5.11 Å². The predicted octanol–water partition coefficient (Wildman–Crippen LogP) is 2.80. The minimum Gasteiger partial charge on any atom is -0.232 e. The summed E-state index contributed by atoms with van der Waals surface area (Å²) < 4.78 is 0.336. The van der Waals surface area contributed by atoms with Crippen LogP contribution >= 0.6 is 22.6 Å². The standard InChI is InChI=1S/C7H14IO/c1-3-5-7(9)6(8)4-2/h6-7H,3-5H2,1-2H3. The fourth-order valence-corrected chi connectivity index (χ4v) is 1.09. The van der Waals surface area contributed by atoms with Gasteiger partial charge < -0.3 is 0 Å². The van der Waals surface area contributed by atoms with Crippen molar-refractivity contribution < 1.29 is 5.11 Å². The third-order valence-corrected chi connectivity index (χ3v) is 3.05. The van der Waals surface area contributed by atoms with Crippen molar-refractivity contribution in [3.63, 3.8) is 0 Å². The second-order valence-electron chi connectivity index (χ2n) is 2.25. The molecule has 2 unspecified atom stereocenters. The maximum Gasteiger partial charge on any atom is 0.105 e. The Labute approximate surface area is 71.0 Å². The second kappa shape index (κ2) is 5.47. The second-order valence-corrected chi connectivity index (χ2v) is 3.85. The quantitative estimate of drug-likeness (QED) is 0.532. The maximum atomic E-state index is 11.0. The van der Waals surface area contributed by atoms with Crippen molar-refractivity contribution >= 4 is 22.6 Å². The van der Waals surface area contributed by atoms with Gasteiger partial charge in [-0.1, -0.05) is 42.9 Å². The van der Waals surface area contributed by atoms with Crippen molar-refractivity contribution in [2.24, 2.45) is 0 Å². The Morgan fingerprint density at radius 3 is 2.33 bits per heavy atom. The van der Waals surface area contributed by atoms with Crippen molar-refractivity contribution in [2.45, 2.75) is 43.1 Å². The molecule has 0 fully saturated rings. The molecule has 0 aliphatic carbocycles. The normalized spacial score (nSPS) is 17.3. The number of alkyl halides is 1. The van der Waals surface area contributed by atoms with Crippen LogP contribution in [0.15, 0.2) is 0 Å². The number of rotatable bonds is 4. The molecule has 0 amide bonds. The van der Waals surface area contributed by atoms with Crippen molar-refractivity contribution in [2.75, 3.05) is 0 Å². The monoisotopic (exact) mass is 241 g/mol. The molecule has 0 aliphatic rings. The summed E-state index contributed by atoms with van der Waals surface area (Å²) in [5.41, 5.74) is 0. The molecule has 9 heavy (non-hydrogen) atoms. The van der Waals surface area contributed by atoms with Crippen LogP contribution in [0.5, 0.6) is 0 Å². The van der Waals surface area contributed by atoms with E-state index in [4.69, 9.17) is 0 Å². The van der Waals surface area contributed by atoms with E-state index < -0.39 is 0 Å². The van der Waals surface area contributed by atoms with E-state index in [-0.39, 0.29) is 6.10 Å². The largest absolute Gasteiger partial charge is 0.232 e. The highest BCUT2D eigenvalue weighted by Gasteiger charge is 2.13. The van der Waals surface area contributed by atoms with Gasteiger partial charge in [-0.2, -0.15) is 0 Å². The maximum absolute atomic E-state index is 11.0. The zero-order chi connectivity index (χ0) is 7.28. The lowest BCUT2D eigenvalue weighted by molar-refractivity contribution is 0.0813. The van der Waals surface area contributed by atoms with Gasteiger partial charge in [-0.15, -0.1) is 0 Å². The predicted molar refractivity (Wildman–Crippen MR) is 47.5 cm³/mol. The third-order valence-electron chi connectivity index (χ3n) is 1.37. The summed E-state index contributed by atoms with van der Waals surface area (Å²) in [6.45, 7) is 4.13. The highest BCUT2D eigenvalue weighted by Crippen LogP contribution is 2.14. The number of halogens is 1. The summed E-state index contributed by atoms with van der Waals surface area (Å²) in [6, 6.07) is 0. The Hall–Kier alpha value is 0.690. The van der Waals surface area contributed by atoms with Gasteiger partial charge in [0.25, 0.3) is 0 Å². The molecule has 0 aromatic heterocycles. The molecular formula is C7H14IO. The van der Waals surface area contributed by atoms with Gasteiger partial charge in [0.2, 0.25) is 0 Å². The lowest BCUT2D eigenvalue weighted by atomic mass is 10.1. The van der Waals surface area contributed by atoms with Gasteiger partial charge in [-0.05, 0) is 12.8 Å². The summed E-state index contributed by atoms with van der Waals surface area (Å²) in [6.07, 6.45) is 2.53. The molecule has 0 saturated carbocycles. The number of hydrogen-bond donors (Lipinski definition) is 0. The topological polar surface area (TPSA) is 19.9 Å². The summed E-state index contributed by atoms with van der Waals surface area (Å²) >= 11 is 2.24. The molecule has 2 heteroatoms. The van der Waals surface area contributed by atoms with Gasteiger partial charge in [0, 0.05) is 3.92 Å². The summed E-state index contributed by atoms with van der Waals surface area (Å²) in [5, 5.41) is 11.0. The molecule has 0 rings (SSSR count). The number of hydrogen-bond acceptors (Lipinski definition) is 0. The third kappa shape index (κ3) is 4.14. The van der Waals surface area contributed by atoms with Gasteiger partial charge in [-0.3, -0.25) is 0 Å². The highest BCUT2D eigenvalue weighted by molar-refractivity contribution is 14.1. The van der Waals surface area contributed by atoms with Crippen LogP contribution in [0.25, 0.3) is 0 Å². The smallest absolute Gasteiger partial charge is 0.105 e. The van der Waals surface area contributed by atoms with Gasteiger partial charge in [0.15, 0.2) is 0 Å². The van der Waals surface area contributed by atoms with Crippen LogP contribution in [0.2, 0.25) is 0 Å². The van der Waals surface area contributed by atoms with Gasteiger partial charge in [0.1, 0.15) is 6.10 Å². The van der Waals surface area contributed by atoms with Gasteiger partial charge in [0.05, 0.1) is 0 Å². The lowest BCUT2D eigenvalue weighted by Crippen LogP contribution is -2.16. The molecule has 0 aromatic rings. The first-order valence-electron chi connectivity index (χ1n) is 3.52. The molecule has 0 N–H and O–H groups in total. The van der Waals surface area contributed by atoms with E-state index in [0.717, 1.165) is 19.3 Å². The van der Waals surface area contributed by atoms with Crippen molar-refractivity contribution in [1.29, 1.82) is 0 Å². The first kappa shape index (κ1) is 9.69. The molecule has 1 radical (unpaired) electrons. The average Bonchev–Trinajstić information content (AvgIpc) is 1.87. The fourth-order valence-electron chi connectivity index (χ4n) is 0.728. The molecule has 0 aromatic carbocycles. The minimum absolute atomic E-state index is 0.333. The molecular weight excluding hydrogens is 227 g/mol. The van der Waals surface area contributed by atoms with Crippen LogP contribution in [0.1, 0.15) is 33.1 Å². The van der Waals surface area contributed by atoms with E-state index in [2.05, 4.69) is 36.4 Å². The Kier molecular flexibility index (Phi) is 5.89. The van der Waals surface area contributed by atoms with E-state index in [9.17, 15) is 5.11 Å². The Bertz CT molecular complexity index is 65.9. The summed E-state index contributed by atoms with van der Waals surface area (Å²) in [4.78, 5) is 0. The van der Waals surface area contributed by atoms with Crippen molar-refractivity contribution in [3.05, 3.63) is 0 Å². The van der Waals surface area contributed by atoms with Crippen LogP contribution < -0.4 is 0 Å². The van der Waals surface area contributed by atoms with E-state index in [1.54, 1.807) is 0 Å². The van der Waals surface area contributed by atoms with Crippen molar-refractivity contribution in [3.8, 4) is 0 Å². The Morgan fingerprint density at radius 2 is 2.00 bits per heavy atom. The van der Waals surface area contributed by atoms with Crippen LogP contribution in [-0.2, 0) is 5.11 Å². The molecule has 55 valence electrons. The highest BCUT2D eigenvalue weighted by atomic mass is 127.